The Morgan fingerprint density at radius 1 is 1.17 bits per heavy atom. The third-order valence-electron chi connectivity index (χ3n) is 4.44. The number of anilines is 1. The predicted molar refractivity (Wildman–Crippen MR) is 117 cm³/mol. The van der Waals surface area contributed by atoms with Crippen LogP contribution in [0.5, 0.6) is 0 Å². The van der Waals surface area contributed by atoms with Crippen molar-refractivity contribution in [1.29, 1.82) is 0 Å². The minimum Gasteiger partial charge on any atom is -0.350 e. The molecule has 0 fully saturated rings. The highest BCUT2D eigenvalue weighted by Gasteiger charge is 2.16. The first kappa shape index (κ1) is 19.9. The summed E-state index contributed by atoms with van der Waals surface area (Å²) in [6.45, 7) is 3.40. The van der Waals surface area contributed by atoms with E-state index in [2.05, 4.69) is 20.6 Å². The van der Waals surface area contributed by atoms with Gasteiger partial charge in [0.2, 0.25) is 5.91 Å². The van der Waals surface area contributed by atoms with Crippen LogP contribution >= 0.6 is 22.7 Å². The van der Waals surface area contributed by atoms with Crippen LogP contribution < -0.4 is 16.2 Å². The van der Waals surface area contributed by atoms with Gasteiger partial charge in [0.1, 0.15) is 5.56 Å². The van der Waals surface area contributed by atoms with E-state index in [1.807, 2.05) is 36.6 Å². The van der Waals surface area contributed by atoms with Crippen LogP contribution in [0.15, 0.2) is 52.2 Å². The summed E-state index contributed by atoms with van der Waals surface area (Å²) in [4.78, 5) is 45.3. The van der Waals surface area contributed by atoms with Gasteiger partial charge < -0.3 is 5.32 Å². The summed E-state index contributed by atoms with van der Waals surface area (Å²) in [5.41, 5.74) is 2.11. The Kier molecular flexibility index (Phi) is 5.42. The largest absolute Gasteiger partial charge is 0.350 e. The third kappa shape index (κ3) is 4.00. The topological polar surface area (TPSA) is 105 Å². The van der Waals surface area contributed by atoms with Gasteiger partial charge in [0.25, 0.3) is 11.5 Å². The van der Waals surface area contributed by atoms with E-state index in [-0.39, 0.29) is 17.5 Å². The Labute approximate surface area is 179 Å². The van der Waals surface area contributed by atoms with E-state index >= 15 is 0 Å². The first-order chi connectivity index (χ1) is 14.4. The molecule has 0 spiro atoms. The number of carbonyl (C=O) groups excluding carboxylic acids is 2. The molecule has 3 heterocycles. The maximum Gasteiger partial charge on any atom is 0.271 e. The van der Waals surface area contributed by atoms with Gasteiger partial charge >= 0.3 is 0 Å². The van der Waals surface area contributed by atoms with E-state index in [9.17, 15) is 14.4 Å². The second-order valence-electron chi connectivity index (χ2n) is 6.57. The molecule has 0 radical (unpaired) electrons. The van der Waals surface area contributed by atoms with Crippen molar-refractivity contribution in [2.45, 2.75) is 19.9 Å². The molecule has 0 aliphatic heterocycles. The van der Waals surface area contributed by atoms with Gasteiger partial charge in [-0.05, 0) is 12.5 Å². The van der Waals surface area contributed by atoms with E-state index < -0.39 is 11.5 Å². The molecule has 0 saturated heterocycles. The maximum atomic E-state index is 12.5. The third-order valence-corrected chi connectivity index (χ3v) is 5.97. The zero-order chi connectivity index (χ0) is 21.3. The number of nitrogens with zero attached hydrogens (tertiary/aromatic N) is 3. The van der Waals surface area contributed by atoms with Crippen molar-refractivity contribution in [3.63, 3.8) is 0 Å². The first-order valence-corrected chi connectivity index (χ1v) is 10.8. The number of rotatable bonds is 5. The Hall–Kier alpha value is -3.37. The molecule has 0 aliphatic carbocycles. The molecule has 3 aromatic heterocycles. The number of fused-ring (bicyclic) bond motifs is 1. The zero-order valence-electron chi connectivity index (χ0n) is 16.1. The average molecular weight is 440 g/mol. The van der Waals surface area contributed by atoms with Gasteiger partial charge in [0, 0.05) is 35.6 Å². The highest BCUT2D eigenvalue weighted by atomic mass is 32.1. The molecule has 1 unspecified atom stereocenters. The monoisotopic (exact) mass is 439 g/mol. The molecule has 0 bridgehead atoms. The summed E-state index contributed by atoms with van der Waals surface area (Å²) >= 11 is 2.59. The number of carbonyl (C=O) groups is 2. The SMILES string of the molecule is CC(=O)NC(C)c1ccc(-c2csc(NC(=O)c3cnc4sccn4c3=O)n2)cc1. The van der Waals surface area contributed by atoms with Crippen LogP contribution in [0.3, 0.4) is 0 Å². The van der Waals surface area contributed by atoms with E-state index in [0.29, 0.717) is 15.8 Å². The van der Waals surface area contributed by atoms with Gasteiger partial charge in [-0.15, -0.1) is 22.7 Å². The predicted octanol–water partition coefficient (Wildman–Crippen LogP) is 3.33. The van der Waals surface area contributed by atoms with Crippen molar-refractivity contribution in [2.75, 3.05) is 5.32 Å². The minimum atomic E-state index is -0.548. The summed E-state index contributed by atoms with van der Waals surface area (Å²) in [6.07, 6.45) is 2.87. The fourth-order valence-corrected chi connectivity index (χ4v) is 4.33. The molecule has 0 saturated carbocycles. The maximum absolute atomic E-state index is 12.5. The quantitative estimate of drug-likeness (QED) is 0.496. The van der Waals surface area contributed by atoms with Gasteiger partial charge in [0.05, 0.1) is 11.7 Å². The molecule has 2 amide bonds. The van der Waals surface area contributed by atoms with Crippen molar-refractivity contribution in [1.82, 2.24) is 19.7 Å². The number of hydrogen-bond acceptors (Lipinski definition) is 7. The molecule has 2 N–H and O–H groups in total. The number of aromatic nitrogens is 3. The van der Waals surface area contributed by atoms with E-state index in [4.69, 9.17) is 0 Å². The molecular weight excluding hydrogens is 422 g/mol. The van der Waals surface area contributed by atoms with Gasteiger partial charge in [-0.1, -0.05) is 24.3 Å². The van der Waals surface area contributed by atoms with Crippen LogP contribution in [-0.4, -0.2) is 26.2 Å². The van der Waals surface area contributed by atoms with Gasteiger partial charge in [-0.25, -0.2) is 9.97 Å². The molecule has 4 rings (SSSR count). The lowest BCUT2D eigenvalue weighted by atomic mass is 10.1. The number of hydrogen-bond donors (Lipinski definition) is 2. The summed E-state index contributed by atoms with van der Waals surface area (Å²) in [5, 5.41) is 9.46. The fourth-order valence-electron chi connectivity index (χ4n) is 2.94. The molecule has 0 aliphatic rings. The van der Waals surface area contributed by atoms with Crippen molar-refractivity contribution in [2.24, 2.45) is 0 Å². The smallest absolute Gasteiger partial charge is 0.271 e. The van der Waals surface area contributed by atoms with Gasteiger partial charge in [0.15, 0.2) is 10.1 Å². The minimum absolute atomic E-state index is 0.0426. The highest BCUT2D eigenvalue weighted by molar-refractivity contribution is 7.15. The van der Waals surface area contributed by atoms with Crippen LogP contribution in [-0.2, 0) is 4.79 Å². The molecular formula is C20H17N5O3S2. The summed E-state index contributed by atoms with van der Waals surface area (Å²) in [7, 11) is 0. The Balaban J connectivity index is 1.50. The normalized spacial score (nSPS) is 11.9. The molecule has 30 heavy (non-hydrogen) atoms. The van der Waals surface area contributed by atoms with Crippen LogP contribution in [0.4, 0.5) is 5.13 Å². The van der Waals surface area contributed by atoms with E-state index in [1.54, 1.807) is 11.6 Å². The highest BCUT2D eigenvalue weighted by Crippen LogP contribution is 2.26. The van der Waals surface area contributed by atoms with Crippen LogP contribution in [0.1, 0.15) is 35.8 Å². The standard InChI is InChI=1S/C20H17N5O3S2/c1-11(22-12(2)26)13-3-5-14(6-4-13)16-10-30-19(23-16)24-17(27)15-9-21-20-25(18(15)28)7-8-29-20/h3-11H,1-2H3,(H,22,26)(H,23,24,27). The number of amides is 2. The lowest BCUT2D eigenvalue weighted by Gasteiger charge is -2.12. The molecule has 1 atom stereocenters. The van der Waals surface area contributed by atoms with Crippen molar-refractivity contribution < 1.29 is 9.59 Å². The van der Waals surface area contributed by atoms with E-state index in [0.717, 1.165) is 11.1 Å². The summed E-state index contributed by atoms with van der Waals surface area (Å²) < 4.78 is 1.34. The van der Waals surface area contributed by atoms with Crippen LogP contribution in [0.2, 0.25) is 0 Å². The summed E-state index contributed by atoms with van der Waals surface area (Å²) in [6, 6.07) is 7.59. The Morgan fingerprint density at radius 2 is 1.93 bits per heavy atom. The van der Waals surface area contributed by atoms with Crippen LogP contribution in [0.25, 0.3) is 16.2 Å². The zero-order valence-corrected chi connectivity index (χ0v) is 17.7. The first-order valence-electron chi connectivity index (χ1n) is 9.01. The van der Waals surface area contributed by atoms with Crippen molar-refractivity contribution in [3.05, 3.63) is 68.9 Å². The van der Waals surface area contributed by atoms with Crippen LogP contribution in [0, 0.1) is 0 Å². The second kappa shape index (κ2) is 8.17. The van der Waals surface area contributed by atoms with Gasteiger partial charge in [-0.2, -0.15) is 0 Å². The lowest BCUT2D eigenvalue weighted by molar-refractivity contribution is -0.119. The van der Waals surface area contributed by atoms with Crippen molar-refractivity contribution >= 4 is 44.6 Å². The number of nitrogens with one attached hydrogen (secondary N) is 2. The number of thiazole rings is 2. The Morgan fingerprint density at radius 3 is 2.67 bits per heavy atom. The molecule has 152 valence electrons. The molecule has 8 nitrogen and oxygen atoms in total. The molecule has 1 aromatic carbocycles. The molecule has 4 aromatic rings. The van der Waals surface area contributed by atoms with Gasteiger partial charge in [-0.3, -0.25) is 24.1 Å². The fraction of sp³-hybridized carbons (Fsp3) is 0.150. The summed E-state index contributed by atoms with van der Waals surface area (Å²) in [5.74, 6) is -0.632. The second-order valence-corrected chi connectivity index (χ2v) is 8.30. The molecule has 10 heteroatoms. The number of benzene rings is 1. The van der Waals surface area contributed by atoms with Crippen molar-refractivity contribution in [3.8, 4) is 11.3 Å². The average Bonchev–Trinajstić information content (AvgIpc) is 3.37. The van der Waals surface area contributed by atoms with E-state index in [1.165, 1.54) is 40.2 Å². The lowest BCUT2D eigenvalue weighted by Crippen LogP contribution is -2.25. The Bertz CT molecular complexity index is 1290.